The van der Waals surface area contributed by atoms with Gasteiger partial charge >= 0.3 is 0 Å². The van der Waals surface area contributed by atoms with Gasteiger partial charge in [0.25, 0.3) is 10.0 Å². The summed E-state index contributed by atoms with van der Waals surface area (Å²) in [6, 6.07) is 9.25. The molecule has 0 unspecified atom stereocenters. The Morgan fingerprint density at radius 1 is 0.920 bits per heavy atom. The van der Waals surface area contributed by atoms with Crippen molar-refractivity contribution in [3.63, 3.8) is 0 Å². The van der Waals surface area contributed by atoms with Gasteiger partial charge in [-0.15, -0.1) is 11.3 Å². The number of hydrogen-bond acceptors (Lipinski definition) is 4. The van der Waals surface area contributed by atoms with E-state index < -0.39 is 10.0 Å². The van der Waals surface area contributed by atoms with E-state index in [9.17, 15) is 8.42 Å². The second-order valence-electron chi connectivity index (χ2n) is 4.85. The highest BCUT2D eigenvalue weighted by Crippen LogP contribution is 2.32. The van der Waals surface area contributed by atoms with Gasteiger partial charge in [0, 0.05) is 16.0 Å². The molecule has 1 aromatic heterocycles. The van der Waals surface area contributed by atoms with Gasteiger partial charge in [0.15, 0.2) is 5.13 Å². The fourth-order valence-electron chi connectivity index (χ4n) is 1.96. The Kier molecular flexibility index (Phi) is 5.48. The third kappa shape index (κ3) is 4.22. The van der Waals surface area contributed by atoms with E-state index in [0.29, 0.717) is 15.7 Å². The first-order valence-corrected chi connectivity index (χ1v) is 10.5. The van der Waals surface area contributed by atoms with Crippen molar-refractivity contribution in [2.75, 3.05) is 4.72 Å². The highest BCUT2D eigenvalue weighted by atomic mass is 35.5. The molecule has 3 aromatic rings. The van der Waals surface area contributed by atoms with Gasteiger partial charge in [-0.05, 0) is 30.3 Å². The number of sulfonamides is 1. The van der Waals surface area contributed by atoms with Gasteiger partial charge in [-0.1, -0.05) is 52.5 Å². The molecule has 0 aliphatic carbocycles. The highest BCUT2D eigenvalue weighted by Gasteiger charge is 2.20. The molecule has 0 bridgehead atoms. The van der Waals surface area contributed by atoms with Crippen LogP contribution < -0.4 is 4.72 Å². The molecule has 1 N–H and O–H groups in total. The molecule has 0 atom stereocenters. The zero-order valence-corrected chi connectivity index (χ0v) is 16.8. The lowest BCUT2D eigenvalue weighted by atomic mass is 10.2. The Hall–Kier alpha value is -1.02. The van der Waals surface area contributed by atoms with E-state index in [4.69, 9.17) is 46.4 Å². The standard InChI is InChI=1S/C15H8Cl4N2O2S2/c16-9-2-4-11(18)14(6-9)25(22,23)21-15-20-13(7-24-15)8-1-3-10(17)12(19)5-8/h1-7H,(H,20,21). The van der Waals surface area contributed by atoms with Gasteiger partial charge in [-0.25, -0.2) is 13.4 Å². The summed E-state index contributed by atoms with van der Waals surface area (Å²) in [4.78, 5) is 4.15. The number of nitrogens with one attached hydrogen (secondary N) is 1. The Labute approximate surface area is 168 Å². The summed E-state index contributed by atoms with van der Waals surface area (Å²) in [5.41, 5.74) is 1.29. The molecule has 0 aliphatic rings. The van der Waals surface area contributed by atoms with Gasteiger partial charge in [-0.2, -0.15) is 0 Å². The number of aromatic nitrogens is 1. The average molecular weight is 454 g/mol. The first kappa shape index (κ1) is 18.8. The number of anilines is 1. The predicted octanol–water partition coefficient (Wildman–Crippen LogP) is 6.22. The molecular formula is C15H8Cl4N2O2S2. The summed E-state index contributed by atoms with van der Waals surface area (Å²) >= 11 is 24.8. The van der Waals surface area contributed by atoms with Crippen molar-refractivity contribution in [3.05, 3.63) is 61.9 Å². The van der Waals surface area contributed by atoms with E-state index in [-0.39, 0.29) is 20.1 Å². The van der Waals surface area contributed by atoms with E-state index in [0.717, 1.165) is 16.9 Å². The third-order valence-corrected chi connectivity index (χ3v) is 6.81. The molecule has 10 heteroatoms. The average Bonchev–Trinajstić information content (AvgIpc) is 3.00. The Morgan fingerprint density at radius 2 is 1.64 bits per heavy atom. The largest absolute Gasteiger partial charge is 0.265 e. The molecular weight excluding hydrogens is 446 g/mol. The second-order valence-corrected chi connectivity index (χ2v) is 9.01. The smallest absolute Gasteiger partial charge is 0.255 e. The van der Waals surface area contributed by atoms with Crippen molar-refractivity contribution in [1.82, 2.24) is 4.98 Å². The van der Waals surface area contributed by atoms with Gasteiger partial charge in [0.2, 0.25) is 0 Å². The quantitative estimate of drug-likeness (QED) is 0.509. The maximum Gasteiger partial charge on any atom is 0.265 e. The van der Waals surface area contributed by atoms with Crippen LogP contribution in [-0.4, -0.2) is 13.4 Å². The van der Waals surface area contributed by atoms with Gasteiger partial charge < -0.3 is 0 Å². The summed E-state index contributed by atoms with van der Waals surface area (Å²) in [5.74, 6) is 0. The summed E-state index contributed by atoms with van der Waals surface area (Å²) in [6.07, 6.45) is 0. The SMILES string of the molecule is O=S(=O)(Nc1nc(-c2ccc(Cl)c(Cl)c2)cs1)c1cc(Cl)ccc1Cl. The van der Waals surface area contributed by atoms with Crippen molar-refractivity contribution in [2.45, 2.75) is 4.90 Å². The van der Waals surface area contributed by atoms with Crippen LogP contribution in [0.25, 0.3) is 11.3 Å². The fourth-order valence-corrected chi connectivity index (χ4v) is 5.00. The van der Waals surface area contributed by atoms with Gasteiger partial charge in [-0.3, -0.25) is 4.72 Å². The molecule has 25 heavy (non-hydrogen) atoms. The first-order chi connectivity index (χ1) is 11.8. The second kappa shape index (κ2) is 7.31. The topological polar surface area (TPSA) is 59.1 Å². The number of benzene rings is 2. The zero-order valence-electron chi connectivity index (χ0n) is 12.1. The van der Waals surface area contributed by atoms with E-state index in [1.807, 2.05) is 0 Å². The van der Waals surface area contributed by atoms with Crippen molar-refractivity contribution >= 4 is 72.9 Å². The van der Waals surface area contributed by atoms with Crippen LogP contribution in [0.1, 0.15) is 0 Å². The summed E-state index contributed by atoms with van der Waals surface area (Å²) in [7, 11) is -3.92. The molecule has 0 saturated carbocycles. The molecule has 2 aromatic carbocycles. The molecule has 130 valence electrons. The predicted molar refractivity (Wildman–Crippen MR) is 105 cm³/mol. The third-order valence-electron chi connectivity index (χ3n) is 3.12. The fraction of sp³-hybridized carbons (Fsp3) is 0. The molecule has 0 aliphatic heterocycles. The summed E-state index contributed by atoms with van der Waals surface area (Å²) < 4.78 is 27.4. The first-order valence-electron chi connectivity index (χ1n) is 6.65. The molecule has 0 spiro atoms. The summed E-state index contributed by atoms with van der Waals surface area (Å²) in [5, 5.41) is 3.05. The van der Waals surface area contributed by atoms with Gasteiger partial charge in [0.05, 0.1) is 20.8 Å². The lowest BCUT2D eigenvalue weighted by Crippen LogP contribution is -2.13. The minimum atomic E-state index is -3.92. The van der Waals surface area contributed by atoms with Crippen molar-refractivity contribution in [3.8, 4) is 11.3 Å². The minimum absolute atomic E-state index is 0.0677. The number of nitrogens with zero attached hydrogens (tertiary/aromatic N) is 1. The van der Waals surface area contributed by atoms with Crippen LogP contribution in [0.2, 0.25) is 20.1 Å². The van der Waals surface area contributed by atoms with Gasteiger partial charge in [0.1, 0.15) is 4.90 Å². The molecule has 0 fully saturated rings. The molecule has 4 nitrogen and oxygen atoms in total. The van der Waals surface area contributed by atoms with Crippen LogP contribution in [0.4, 0.5) is 5.13 Å². The van der Waals surface area contributed by atoms with E-state index in [1.54, 1.807) is 23.6 Å². The molecule has 0 saturated heterocycles. The molecule has 0 amide bonds. The Bertz CT molecular complexity index is 1050. The molecule has 1 heterocycles. The van der Waals surface area contributed by atoms with E-state index >= 15 is 0 Å². The minimum Gasteiger partial charge on any atom is -0.255 e. The maximum absolute atomic E-state index is 12.5. The van der Waals surface area contributed by atoms with Crippen LogP contribution in [0.3, 0.4) is 0 Å². The van der Waals surface area contributed by atoms with Crippen molar-refractivity contribution in [2.24, 2.45) is 0 Å². The Morgan fingerprint density at radius 3 is 2.36 bits per heavy atom. The maximum atomic E-state index is 12.5. The van der Waals surface area contributed by atoms with E-state index in [2.05, 4.69) is 9.71 Å². The van der Waals surface area contributed by atoms with Crippen LogP contribution in [0, 0.1) is 0 Å². The van der Waals surface area contributed by atoms with E-state index in [1.165, 1.54) is 18.2 Å². The summed E-state index contributed by atoms with van der Waals surface area (Å²) in [6.45, 7) is 0. The number of hydrogen-bond donors (Lipinski definition) is 1. The van der Waals surface area contributed by atoms with Crippen molar-refractivity contribution in [1.29, 1.82) is 0 Å². The lowest BCUT2D eigenvalue weighted by Gasteiger charge is -2.07. The lowest BCUT2D eigenvalue weighted by molar-refractivity contribution is 0.601. The van der Waals surface area contributed by atoms with Crippen LogP contribution in [0.5, 0.6) is 0 Å². The van der Waals surface area contributed by atoms with Crippen LogP contribution in [-0.2, 0) is 10.0 Å². The van der Waals surface area contributed by atoms with Crippen LogP contribution >= 0.6 is 57.7 Å². The molecule has 3 rings (SSSR count). The number of rotatable bonds is 4. The van der Waals surface area contributed by atoms with Crippen molar-refractivity contribution < 1.29 is 8.42 Å². The number of thiazole rings is 1. The monoisotopic (exact) mass is 452 g/mol. The Balaban J connectivity index is 1.90. The highest BCUT2D eigenvalue weighted by molar-refractivity contribution is 7.93. The normalized spacial score (nSPS) is 11.5. The number of halogens is 4. The molecule has 0 radical (unpaired) electrons. The van der Waals surface area contributed by atoms with Crippen LogP contribution in [0.15, 0.2) is 46.7 Å². The zero-order chi connectivity index (χ0) is 18.2.